The number of amides is 1. The number of benzene rings is 1. The molecule has 7 heteroatoms. The highest BCUT2D eigenvalue weighted by Crippen LogP contribution is 2.29. The first-order valence-corrected chi connectivity index (χ1v) is 7.55. The molecule has 1 aliphatic rings. The number of hydrogen-bond acceptors (Lipinski definition) is 5. The lowest BCUT2D eigenvalue weighted by Crippen LogP contribution is -2.40. The molecule has 1 N–H and O–H groups in total. The van der Waals surface area contributed by atoms with Crippen molar-refractivity contribution in [3.8, 4) is 0 Å². The summed E-state index contributed by atoms with van der Waals surface area (Å²) in [6.45, 7) is 0.968. The summed E-state index contributed by atoms with van der Waals surface area (Å²) in [7, 11) is 0. The largest absolute Gasteiger partial charge is 0.393 e. The molecule has 1 saturated heterocycles. The summed E-state index contributed by atoms with van der Waals surface area (Å²) >= 11 is 1.28. The van der Waals surface area contributed by atoms with Gasteiger partial charge in [0.2, 0.25) is 0 Å². The Bertz CT molecular complexity index is 527. The minimum absolute atomic E-state index is 0.0413. The molecular weight excluding hydrogens is 280 g/mol. The fourth-order valence-electron chi connectivity index (χ4n) is 2.22. The maximum absolute atomic E-state index is 12.3. The first kappa shape index (κ1) is 14.8. The Morgan fingerprint density at radius 1 is 1.45 bits per heavy atom. The summed E-state index contributed by atoms with van der Waals surface area (Å²) in [6, 6.07) is 4.56. The summed E-state index contributed by atoms with van der Waals surface area (Å²) in [5, 5.41) is 20.4. The van der Waals surface area contributed by atoms with Crippen molar-refractivity contribution in [3.63, 3.8) is 0 Å². The number of aliphatic hydroxyl groups excluding tert-OH is 1. The Morgan fingerprint density at radius 3 is 2.65 bits per heavy atom. The van der Waals surface area contributed by atoms with E-state index in [9.17, 15) is 20.0 Å². The Hall–Kier alpha value is -1.60. The van der Waals surface area contributed by atoms with Crippen LogP contribution in [0.15, 0.2) is 23.1 Å². The van der Waals surface area contributed by atoms with Crippen LogP contribution in [-0.4, -0.2) is 46.3 Å². The predicted molar refractivity (Wildman–Crippen MR) is 76.0 cm³/mol. The lowest BCUT2D eigenvalue weighted by Gasteiger charge is -2.29. The minimum Gasteiger partial charge on any atom is -0.393 e. The SMILES string of the molecule is CSc1ccc(C(=O)N2CCC(O)CC2)cc1[N+](=O)[O-]. The smallest absolute Gasteiger partial charge is 0.283 e. The van der Waals surface area contributed by atoms with Crippen LogP contribution in [0.3, 0.4) is 0 Å². The molecule has 1 aliphatic heterocycles. The number of carbonyl (C=O) groups excluding carboxylic acids is 1. The van der Waals surface area contributed by atoms with Crippen LogP contribution in [0.1, 0.15) is 23.2 Å². The average Bonchev–Trinajstić information content (AvgIpc) is 2.46. The second-order valence-corrected chi connectivity index (χ2v) is 5.52. The monoisotopic (exact) mass is 296 g/mol. The van der Waals surface area contributed by atoms with Gasteiger partial charge in [-0.3, -0.25) is 14.9 Å². The molecule has 0 atom stereocenters. The van der Waals surface area contributed by atoms with E-state index in [-0.39, 0.29) is 17.7 Å². The number of rotatable bonds is 3. The molecule has 1 aromatic rings. The number of nitrogens with zero attached hydrogens (tertiary/aromatic N) is 2. The zero-order valence-electron chi connectivity index (χ0n) is 11.1. The normalized spacial score (nSPS) is 16.2. The number of likely N-dealkylation sites (tertiary alicyclic amines) is 1. The number of piperidine rings is 1. The number of nitro benzene ring substituents is 1. The van der Waals surface area contributed by atoms with Crippen LogP contribution in [0.4, 0.5) is 5.69 Å². The van der Waals surface area contributed by atoms with Crippen LogP contribution in [0.5, 0.6) is 0 Å². The standard InChI is InChI=1S/C13H16N2O4S/c1-20-12-3-2-9(8-11(12)15(18)19)13(17)14-6-4-10(16)5-7-14/h2-3,8,10,16H,4-7H2,1H3. The number of thioether (sulfide) groups is 1. The van der Waals surface area contributed by atoms with Crippen molar-refractivity contribution in [2.45, 2.75) is 23.8 Å². The van der Waals surface area contributed by atoms with Gasteiger partial charge in [-0.2, -0.15) is 0 Å². The van der Waals surface area contributed by atoms with Crippen molar-refractivity contribution >= 4 is 23.4 Å². The van der Waals surface area contributed by atoms with Gasteiger partial charge in [-0.15, -0.1) is 11.8 Å². The molecule has 0 unspecified atom stereocenters. The van der Waals surface area contributed by atoms with Crippen LogP contribution >= 0.6 is 11.8 Å². The van der Waals surface area contributed by atoms with Gasteiger partial charge in [-0.25, -0.2) is 0 Å². The average molecular weight is 296 g/mol. The van der Waals surface area contributed by atoms with Crippen LogP contribution < -0.4 is 0 Å². The first-order chi connectivity index (χ1) is 9.52. The van der Waals surface area contributed by atoms with Gasteiger partial charge in [-0.1, -0.05) is 0 Å². The van der Waals surface area contributed by atoms with Crippen molar-refractivity contribution < 1.29 is 14.8 Å². The van der Waals surface area contributed by atoms with Gasteiger partial charge in [-0.05, 0) is 31.2 Å². The predicted octanol–water partition coefficient (Wildman–Crippen LogP) is 1.91. The molecule has 6 nitrogen and oxygen atoms in total. The summed E-state index contributed by atoms with van der Waals surface area (Å²) in [4.78, 5) is 25.0. The number of hydrogen-bond donors (Lipinski definition) is 1. The van der Waals surface area contributed by atoms with E-state index in [1.807, 2.05) is 0 Å². The third kappa shape index (κ3) is 3.10. The second kappa shape index (κ2) is 6.23. The molecule has 0 radical (unpaired) electrons. The molecule has 0 spiro atoms. The van der Waals surface area contributed by atoms with Gasteiger partial charge in [0.1, 0.15) is 0 Å². The molecule has 0 saturated carbocycles. The molecule has 0 aliphatic carbocycles. The highest BCUT2D eigenvalue weighted by molar-refractivity contribution is 7.98. The highest BCUT2D eigenvalue weighted by atomic mass is 32.2. The zero-order chi connectivity index (χ0) is 14.7. The molecule has 20 heavy (non-hydrogen) atoms. The molecule has 0 bridgehead atoms. The molecule has 1 fully saturated rings. The molecule has 1 heterocycles. The Labute approximate surface area is 120 Å². The second-order valence-electron chi connectivity index (χ2n) is 4.67. The topological polar surface area (TPSA) is 83.7 Å². The zero-order valence-corrected chi connectivity index (χ0v) is 11.9. The minimum atomic E-state index is -0.470. The van der Waals surface area contributed by atoms with Crippen molar-refractivity contribution in [1.29, 1.82) is 0 Å². The van der Waals surface area contributed by atoms with E-state index < -0.39 is 4.92 Å². The van der Waals surface area contributed by atoms with Gasteiger partial charge in [0.05, 0.1) is 15.9 Å². The molecular formula is C13H16N2O4S. The first-order valence-electron chi connectivity index (χ1n) is 6.32. The Balaban J connectivity index is 2.22. The maximum atomic E-state index is 12.3. The van der Waals surface area contributed by atoms with E-state index in [1.165, 1.54) is 17.8 Å². The maximum Gasteiger partial charge on any atom is 0.283 e. The van der Waals surface area contributed by atoms with Crippen molar-refractivity contribution in [2.24, 2.45) is 0 Å². The third-order valence-corrected chi connectivity index (χ3v) is 4.16. The fraction of sp³-hybridized carbons (Fsp3) is 0.462. The summed E-state index contributed by atoms with van der Waals surface area (Å²) < 4.78 is 0. The molecule has 1 aromatic carbocycles. The molecule has 2 rings (SSSR count). The van der Waals surface area contributed by atoms with E-state index >= 15 is 0 Å². The molecule has 1 amide bonds. The van der Waals surface area contributed by atoms with Crippen LogP contribution in [0, 0.1) is 10.1 Å². The van der Waals surface area contributed by atoms with Crippen LogP contribution in [-0.2, 0) is 0 Å². The van der Waals surface area contributed by atoms with Gasteiger partial charge >= 0.3 is 0 Å². The molecule has 0 aromatic heterocycles. The van der Waals surface area contributed by atoms with Crippen LogP contribution in [0.2, 0.25) is 0 Å². The summed E-state index contributed by atoms with van der Waals surface area (Å²) in [5.74, 6) is -0.215. The number of aliphatic hydroxyl groups is 1. The molecule has 108 valence electrons. The van der Waals surface area contributed by atoms with Crippen molar-refractivity contribution in [3.05, 3.63) is 33.9 Å². The van der Waals surface area contributed by atoms with Gasteiger partial charge in [0.15, 0.2) is 0 Å². The lowest BCUT2D eigenvalue weighted by molar-refractivity contribution is -0.387. The Kier molecular flexibility index (Phi) is 4.61. The van der Waals surface area contributed by atoms with E-state index in [1.54, 1.807) is 23.3 Å². The van der Waals surface area contributed by atoms with E-state index in [0.717, 1.165) is 0 Å². The van der Waals surface area contributed by atoms with Crippen LogP contribution in [0.25, 0.3) is 0 Å². The highest BCUT2D eigenvalue weighted by Gasteiger charge is 2.24. The van der Waals surface area contributed by atoms with E-state index in [4.69, 9.17) is 0 Å². The quantitative estimate of drug-likeness (QED) is 0.523. The van der Waals surface area contributed by atoms with E-state index in [0.29, 0.717) is 36.4 Å². The third-order valence-electron chi connectivity index (χ3n) is 3.37. The van der Waals surface area contributed by atoms with E-state index in [2.05, 4.69) is 0 Å². The van der Waals surface area contributed by atoms with Gasteiger partial charge < -0.3 is 10.0 Å². The number of carbonyl (C=O) groups is 1. The van der Waals surface area contributed by atoms with Crippen molar-refractivity contribution in [1.82, 2.24) is 4.90 Å². The summed E-state index contributed by atoms with van der Waals surface area (Å²) in [6.07, 6.45) is 2.51. The fourth-order valence-corrected chi connectivity index (χ4v) is 2.76. The summed E-state index contributed by atoms with van der Waals surface area (Å²) in [5.41, 5.74) is 0.284. The Morgan fingerprint density at radius 2 is 2.10 bits per heavy atom. The number of nitro groups is 1. The van der Waals surface area contributed by atoms with Gasteiger partial charge in [0, 0.05) is 24.7 Å². The van der Waals surface area contributed by atoms with Crippen molar-refractivity contribution in [2.75, 3.05) is 19.3 Å². The van der Waals surface area contributed by atoms with Gasteiger partial charge in [0.25, 0.3) is 11.6 Å². The lowest BCUT2D eigenvalue weighted by atomic mass is 10.1.